The highest BCUT2D eigenvalue weighted by Gasteiger charge is 2.15. The maximum Gasteiger partial charge on any atom is 0.335 e. The molecule has 0 aliphatic carbocycles. The monoisotopic (exact) mass is 409 g/mol. The number of rotatable bonds is 3. The lowest BCUT2D eigenvalue weighted by Crippen LogP contribution is -2.28. The third kappa shape index (κ3) is 6.88. The molecular formula is C26H35NO3. The van der Waals surface area contributed by atoms with Gasteiger partial charge in [0.2, 0.25) is 0 Å². The van der Waals surface area contributed by atoms with E-state index in [1.54, 1.807) is 12.1 Å². The predicted molar refractivity (Wildman–Crippen MR) is 121 cm³/mol. The smallest absolute Gasteiger partial charge is 0.335 e. The molecule has 1 aliphatic rings. The van der Waals surface area contributed by atoms with Crippen molar-refractivity contribution in [3.8, 4) is 5.75 Å². The number of carbonyl (C=O) groups is 1. The summed E-state index contributed by atoms with van der Waals surface area (Å²) in [6.07, 6.45) is 5.17. The number of ether oxygens (including phenoxy) is 1. The standard InChI is InChI=1S/C26H35NO3/c1-26(2,3)12-14-27-13-5-4-6-15-30-24-11-10-22(25(28)29)18-23(24)17-20-8-7-9-21(16-20)19-27/h7-11,16,18H,4-6,12-15,17,19H2,1-3H3,(H,28,29). The Labute approximate surface area is 180 Å². The minimum absolute atomic E-state index is 0.308. The van der Waals surface area contributed by atoms with Crippen LogP contribution in [0, 0.1) is 5.41 Å². The molecule has 4 nitrogen and oxygen atoms in total. The van der Waals surface area contributed by atoms with Crippen LogP contribution in [-0.2, 0) is 13.0 Å². The van der Waals surface area contributed by atoms with Crippen LogP contribution in [0.15, 0.2) is 42.5 Å². The molecule has 0 fully saturated rings. The fourth-order valence-electron chi connectivity index (χ4n) is 3.87. The molecule has 2 aromatic rings. The molecule has 0 unspecified atom stereocenters. The van der Waals surface area contributed by atoms with Crippen molar-refractivity contribution in [3.63, 3.8) is 0 Å². The van der Waals surface area contributed by atoms with Gasteiger partial charge in [0, 0.05) is 13.0 Å². The van der Waals surface area contributed by atoms with Gasteiger partial charge in [0.1, 0.15) is 5.75 Å². The predicted octanol–water partition coefficient (Wildman–Crippen LogP) is 5.78. The van der Waals surface area contributed by atoms with E-state index in [2.05, 4.69) is 49.9 Å². The first kappa shape index (κ1) is 22.4. The van der Waals surface area contributed by atoms with Gasteiger partial charge in [-0.3, -0.25) is 4.90 Å². The zero-order valence-electron chi connectivity index (χ0n) is 18.6. The summed E-state index contributed by atoms with van der Waals surface area (Å²) in [6, 6.07) is 13.9. The Morgan fingerprint density at radius 1 is 1.07 bits per heavy atom. The molecule has 4 heteroatoms. The summed E-state index contributed by atoms with van der Waals surface area (Å²) < 4.78 is 6.05. The molecule has 0 aromatic heterocycles. The van der Waals surface area contributed by atoms with Gasteiger partial charge in [0.25, 0.3) is 0 Å². The molecule has 1 aliphatic heterocycles. The molecule has 0 spiro atoms. The number of nitrogens with zero attached hydrogens (tertiary/aromatic N) is 1. The van der Waals surface area contributed by atoms with Gasteiger partial charge in [-0.2, -0.15) is 0 Å². The van der Waals surface area contributed by atoms with Crippen LogP contribution in [0.4, 0.5) is 0 Å². The van der Waals surface area contributed by atoms with Gasteiger partial charge in [0.05, 0.1) is 12.2 Å². The first-order valence-corrected chi connectivity index (χ1v) is 11.1. The molecule has 0 saturated heterocycles. The van der Waals surface area contributed by atoms with Crippen molar-refractivity contribution in [2.75, 3.05) is 19.7 Å². The zero-order chi connectivity index (χ0) is 21.6. The molecule has 1 N–H and O–H groups in total. The van der Waals surface area contributed by atoms with Gasteiger partial charge in [0.15, 0.2) is 0 Å². The second-order valence-corrected chi connectivity index (χ2v) is 9.62. The van der Waals surface area contributed by atoms with Gasteiger partial charge in [-0.15, -0.1) is 0 Å². The fraction of sp³-hybridized carbons (Fsp3) is 0.500. The first-order chi connectivity index (χ1) is 14.3. The van der Waals surface area contributed by atoms with E-state index in [0.29, 0.717) is 24.0 Å². The van der Waals surface area contributed by atoms with E-state index in [0.717, 1.165) is 50.2 Å². The van der Waals surface area contributed by atoms with E-state index in [1.165, 1.54) is 17.5 Å². The van der Waals surface area contributed by atoms with Crippen LogP contribution in [0.2, 0.25) is 0 Å². The number of benzene rings is 2. The first-order valence-electron chi connectivity index (χ1n) is 11.1. The SMILES string of the molecule is CC(C)(C)CCN1CCCCCOc2ccc(C(=O)O)cc2Cc2cccc(c2)C1. The Morgan fingerprint density at radius 3 is 2.63 bits per heavy atom. The molecule has 0 radical (unpaired) electrons. The van der Waals surface area contributed by atoms with Crippen LogP contribution in [0.1, 0.15) is 73.5 Å². The van der Waals surface area contributed by atoms with Crippen molar-refractivity contribution in [1.29, 1.82) is 0 Å². The van der Waals surface area contributed by atoms with Crippen LogP contribution in [-0.4, -0.2) is 35.7 Å². The van der Waals surface area contributed by atoms with Gasteiger partial charge >= 0.3 is 5.97 Å². The Kier molecular flexibility index (Phi) is 7.54. The second-order valence-electron chi connectivity index (χ2n) is 9.62. The second kappa shape index (κ2) is 10.1. The molecule has 3 rings (SSSR count). The van der Waals surface area contributed by atoms with Crippen LogP contribution in [0.5, 0.6) is 5.75 Å². The maximum atomic E-state index is 11.4. The number of carboxylic acid groups (broad SMARTS) is 1. The summed E-state index contributed by atoms with van der Waals surface area (Å²) in [4.78, 5) is 14.0. The molecule has 0 saturated carbocycles. The number of carboxylic acids is 1. The molecule has 0 amide bonds. The van der Waals surface area contributed by atoms with E-state index in [1.807, 2.05) is 6.07 Å². The summed E-state index contributed by atoms with van der Waals surface area (Å²) in [7, 11) is 0. The number of aromatic carboxylic acids is 1. The van der Waals surface area contributed by atoms with Gasteiger partial charge in [-0.05, 0) is 79.1 Å². The lowest BCUT2D eigenvalue weighted by atomic mass is 9.92. The summed E-state index contributed by atoms with van der Waals surface area (Å²) in [5, 5.41) is 9.39. The highest BCUT2D eigenvalue weighted by molar-refractivity contribution is 5.88. The topological polar surface area (TPSA) is 49.8 Å². The summed E-state index contributed by atoms with van der Waals surface area (Å²) in [5.41, 5.74) is 4.08. The van der Waals surface area contributed by atoms with E-state index in [9.17, 15) is 9.90 Å². The normalized spacial score (nSPS) is 16.2. The molecular weight excluding hydrogens is 374 g/mol. The quantitative estimate of drug-likeness (QED) is 0.698. The zero-order valence-corrected chi connectivity index (χ0v) is 18.6. The van der Waals surface area contributed by atoms with Crippen molar-refractivity contribution < 1.29 is 14.6 Å². The minimum atomic E-state index is -0.902. The summed E-state index contributed by atoms with van der Waals surface area (Å²) >= 11 is 0. The number of hydrogen-bond donors (Lipinski definition) is 1. The van der Waals surface area contributed by atoms with Gasteiger partial charge in [-0.1, -0.05) is 45.0 Å². The largest absolute Gasteiger partial charge is 0.493 e. The average molecular weight is 410 g/mol. The Morgan fingerprint density at radius 2 is 1.87 bits per heavy atom. The Balaban J connectivity index is 1.85. The van der Waals surface area contributed by atoms with Gasteiger partial charge < -0.3 is 9.84 Å². The van der Waals surface area contributed by atoms with Crippen LogP contribution in [0.3, 0.4) is 0 Å². The molecule has 2 bridgehead atoms. The van der Waals surface area contributed by atoms with Crippen LogP contribution < -0.4 is 4.74 Å². The molecule has 1 heterocycles. The Hall–Kier alpha value is -2.33. The summed E-state index contributed by atoms with van der Waals surface area (Å²) in [5.74, 6) is -0.102. The third-order valence-corrected chi connectivity index (χ3v) is 5.65. The van der Waals surface area contributed by atoms with Crippen LogP contribution >= 0.6 is 0 Å². The van der Waals surface area contributed by atoms with Crippen molar-refractivity contribution in [2.24, 2.45) is 5.41 Å². The summed E-state index contributed by atoms with van der Waals surface area (Å²) in [6.45, 7) is 10.8. The lowest BCUT2D eigenvalue weighted by Gasteiger charge is -2.27. The maximum absolute atomic E-state index is 11.4. The van der Waals surface area contributed by atoms with E-state index >= 15 is 0 Å². The van der Waals surface area contributed by atoms with Gasteiger partial charge in [-0.25, -0.2) is 4.79 Å². The van der Waals surface area contributed by atoms with E-state index in [-0.39, 0.29) is 0 Å². The van der Waals surface area contributed by atoms with Crippen molar-refractivity contribution in [3.05, 3.63) is 64.7 Å². The molecule has 2 aromatic carbocycles. The Bertz CT molecular complexity index is 854. The third-order valence-electron chi connectivity index (χ3n) is 5.65. The van der Waals surface area contributed by atoms with Crippen molar-refractivity contribution >= 4 is 5.97 Å². The van der Waals surface area contributed by atoms with E-state index < -0.39 is 5.97 Å². The molecule has 30 heavy (non-hydrogen) atoms. The highest BCUT2D eigenvalue weighted by Crippen LogP contribution is 2.25. The minimum Gasteiger partial charge on any atom is -0.493 e. The van der Waals surface area contributed by atoms with Crippen molar-refractivity contribution in [1.82, 2.24) is 4.90 Å². The average Bonchev–Trinajstić information content (AvgIpc) is 2.68. The molecule has 0 atom stereocenters. The van der Waals surface area contributed by atoms with Crippen LogP contribution in [0.25, 0.3) is 0 Å². The number of hydrogen-bond acceptors (Lipinski definition) is 3. The molecule has 162 valence electrons. The fourth-order valence-corrected chi connectivity index (χ4v) is 3.87. The van der Waals surface area contributed by atoms with E-state index in [4.69, 9.17) is 4.74 Å². The number of fused-ring (bicyclic) bond motifs is 3. The van der Waals surface area contributed by atoms with Crippen molar-refractivity contribution in [2.45, 2.75) is 59.4 Å². The lowest BCUT2D eigenvalue weighted by molar-refractivity contribution is 0.0696. The highest BCUT2D eigenvalue weighted by atomic mass is 16.5.